The van der Waals surface area contributed by atoms with Crippen molar-refractivity contribution in [1.29, 1.82) is 0 Å². The molecule has 0 bridgehead atoms. The van der Waals surface area contributed by atoms with Gasteiger partial charge in [0.05, 0.1) is 0 Å². The summed E-state index contributed by atoms with van der Waals surface area (Å²) in [4.78, 5) is 19.1. The lowest BCUT2D eigenvalue weighted by Crippen LogP contribution is -1.97. The molecule has 148 valence electrons. The van der Waals surface area contributed by atoms with E-state index < -0.39 is 11.9 Å². The van der Waals surface area contributed by atoms with Crippen LogP contribution < -0.4 is 5.73 Å². The van der Waals surface area contributed by atoms with Crippen molar-refractivity contribution >= 4 is 11.9 Å². The molecule has 0 aliphatic rings. The van der Waals surface area contributed by atoms with Crippen LogP contribution in [0.4, 0.5) is 0 Å². The van der Waals surface area contributed by atoms with E-state index in [1.54, 1.807) is 0 Å². The highest BCUT2D eigenvalue weighted by Crippen LogP contribution is 2.12. The molecule has 0 rings (SSSR count). The minimum Gasteiger partial charge on any atom is -0.478 e. The third-order valence-corrected chi connectivity index (χ3v) is 3.93. The largest absolute Gasteiger partial charge is 0.478 e. The molecule has 0 aromatic heterocycles. The van der Waals surface area contributed by atoms with Crippen molar-refractivity contribution in [3.05, 3.63) is 12.2 Å². The zero-order valence-corrected chi connectivity index (χ0v) is 16.0. The number of aliphatic carboxylic acids is 2. The molecule has 0 aliphatic carbocycles. The monoisotopic (exact) mass is 357 g/mol. The minimum absolute atomic E-state index is 0.558. The van der Waals surface area contributed by atoms with Crippen LogP contribution in [0.25, 0.3) is 0 Å². The molecular weight excluding hydrogens is 318 g/mol. The summed E-state index contributed by atoms with van der Waals surface area (Å²) in [7, 11) is 0. The molecule has 25 heavy (non-hydrogen) atoms. The van der Waals surface area contributed by atoms with Crippen LogP contribution in [0.5, 0.6) is 0 Å². The van der Waals surface area contributed by atoms with Gasteiger partial charge < -0.3 is 15.9 Å². The Hall–Kier alpha value is -1.36. The van der Waals surface area contributed by atoms with Crippen molar-refractivity contribution < 1.29 is 19.8 Å². The number of unbranched alkanes of at least 4 members (excludes halogenated alkanes) is 13. The van der Waals surface area contributed by atoms with Crippen LogP contribution in [-0.2, 0) is 9.59 Å². The minimum atomic E-state index is -1.26. The smallest absolute Gasteiger partial charge is 0.328 e. The van der Waals surface area contributed by atoms with Crippen LogP contribution in [0.15, 0.2) is 12.2 Å². The zero-order valence-electron chi connectivity index (χ0n) is 16.0. The fourth-order valence-electron chi connectivity index (χ4n) is 2.48. The summed E-state index contributed by atoms with van der Waals surface area (Å²) in [5, 5.41) is 15.6. The molecule has 0 aliphatic heterocycles. The lowest BCUT2D eigenvalue weighted by Gasteiger charge is -2.02. The molecule has 0 radical (unpaired) electrons. The molecule has 0 aromatic rings. The standard InChI is InChI=1S/C16H35N.C4H4O4/c1-2-3-4-5-6-7-8-9-10-11-12-13-14-15-16-17;5-3(6)1-2-4(7)8/h2-17H2,1H3;1-2H,(H,5,6)(H,7,8)/b;2-1-. The number of carboxylic acids is 2. The summed E-state index contributed by atoms with van der Waals surface area (Å²) in [6.07, 6.45) is 21.0. The van der Waals surface area contributed by atoms with Gasteiger partial charge in [0, 0.05) is 12.2 Å². The van der Waals surface area contributed by atoms with Crippen LogP contribution in [0, 0.1) is 0 Å². The summed E-state index contributed by atoms with van der Waals surface area (Å²) >= 11 is 0. The van der Waals surface area contributed by atoms with Crippen LogP contribution in [0.3, 0.4) is 0 Å². The number of hydrogen-bond acceptors (Lipinski definition) is 3. The first-order valence-corrected chi connectivity index (χ1v) is 9.88. The number of rotatable bonds is 16. The normalized spacial score (nSPS) is 10.5. The maximum absolute atomic E-state index is 9.55. The Labute approximate surface area is 153 Å². The highest BCUT2D eigenvalue weighted by molar-refractivity contribution is 5.89. The lowest BCUT2D eigenvalue weighted by atomic mass is 10.0. The van der Waals surface area contributed by atoms with E-state index in [0.29, 0.717) is 12.2 Å². The molecule has 0 unspecified atom stereocenters. The average Bonchev–Trinajstić information content (AvgIpc) is 2.58. The first kappa shape index (κ1) is 25.9. The highest BCUT2D eigenvalue weighted by Gasteiger charge is 1.93. The second kappa shape index (κ2) is 22.6. The lowest BCUT2D eigenvalue weighted by molar-refractivity contribution is -0.134. The van der Waals surface area contributed by atoms with Gasteiger partial charge in [0.25, 0.3) is 0 Å². The maximum atomic E-state index is 9.55. The molecule has 5 heteroatoms. The average molecular weight is 358 g/mol. The van der Waals surface area contributed by atoms with Gasteiger partial charge >= 0.3 is 11.9 Å². The van der Waals surface area contributed by atoms with Crippen molar-refractivity contribution in [2.75, 3.05) is 6.54 Å². The van der Waals surface area contributed by atoms with E-state index in [1.807, 2.05) is 0 Å². The Kier molecular flexibility index (Phi) is 23.4. The van der Waals surface area contributed by atoms with Crippen molar-refractivity contribution in [2.24, 2.45) is 5.73 Å². The van der Waals surface area contributed by atoms with Gasteiger partial charge in [-0.3, -0.25) is 0 Å². The molecule has 0 heterocycles. The van der Waals surface area contributed by atoms with Gasteiger partial charge in [-0.05, 0) is 13.0 Å². The topological polar surface area (TPSA) is 101 Å². The first-order valence-electron chi connectivity index (χ1n) is 9.88. The van der Waals surface area contributed by atoms with E-state index in [0.717, 1.165) is 6.54 Å². The van der Waals surface area contributed by atoms with Gasteiger partial charge in [0.15, 0.2) is 0 Å². The molecule has 0 saturated heterocycles. The van der Waals surface area contributed by atoms with Crippen molar-refractivity contribution in [3.8, 4) is 0 Å². The molecule has 4 N–H and O–H groups in total. The van der Waals surface area contributed by atoms with Gasteiger partial charge in [-0.2, -0.15) is 0 Å². The molecule has 0 saturated carbocycles. The molecule has 0 aromatic carbocycles. The summed E-state index contributed by atoms with van der Waals surface area (Å²) in [6, 6.07) is 0. The predicted molar refractivity (Wildman–Crippen MR) is 104 cm³/mol. The van der Waals surface area contributed by atoms with Crippen molar-refractivity contribution in [1.82, 2.24) is 0 Å². The van der Waals surface area contributed by atoms with Gasteiger partial charge in [-0.15, -0.1) is 0 Å². The van der Waals surface area contributed by atoms with Crippen LogP contribution >= 0.6 is 0 Å². The van der Waals surface area contributed by atoms with Gasteiger partial charge in [-0.25, -0.2) is 9.59 Å². The molecule has 0 spiro atoms. The number of carboxylic acid groups (broad SMARTS) is 2. The summed E-state index contributed by atoms with van der Waals surface area (Å²) < 4.78 is 0. The first-order chi connectivity index (χ1) is 12.0. The molecule has 0 fully saturated rings. The Bertz CT molecular complexity index is 300. The van der Waals surface area contributed by atoms with E-state index in [9.17, 15) is 9.59 Å². The van der Waals surface area contributed by atoms with Crippen LogP contribution in [0.1, 0.15) is 96.8 Å². The second-order valence-electron chi connectivity index (χ2n) is 6.39. The van der Waals surface area contributed by atoms with Crippen molar-refractivity contribution in [3.63, 3.8) is 0 Å². The number of nitrogens with two attached hydrogens (primary N) is 1. The summed E-state index contributed by atoms with van der Waals surface area (Å²) in [6.45, 7) is 3.16. The van der Waals surface area contributed by atoms with E-state index in [-0.39, 0.29) is 0 Å². The fraction of sp³-hybridized carbons (Fsp3) is 0.800. The third-order valence-electron chi connectivity index (χ3n) is 3.93. The predicted octanol–water partition coefficient (Wildman–Crippen LogP) is 5.14. The van der Waals surface area contributed by atoms with E-state index >= 15 is 0 Å². The maximum Gasteiger partial charge on any atom is 0.328 e. The Morgan fingerprint density at radius 1 is 0.640 bits per heavy atom. The van der Waals surface area contributed by atoms with Crippen LogP contribution in [0.2, 0.25) is 0 Å². The van der Waals surface area contributed by atoms with E-state index in [2.05, 4.69) is 6.92 Å². The molecule has 0 atom stereocenters. The van der Waals surface area contributed by atoms with Crippen LogP contribution in [-0.4, -0.2) is 28.7 Å². The SMILES string of the molecule is CCCCCCCCCCCCCCCCN.O=C(O)/C=C\C(=O)O. The number of hydrogen-bond donors (Lipinski definition) is 3. The van der Waals surface area contributed by atoms with Crippen molar-refractivity contribution in [2.45, 2.75) is 96.8 Å². The Balaban J connectivity index is 0. The quantitative estimate of drug-likeness (QED) is 0.262. The summed E-state index contributed by atoms with van der Waals surface area (Å²) in [5.74, 6) is -2.51. The Morgan fingerprint density at radius 2 is 0.920 bits per heavy atom. The molecule has 5 nitrogen and oxygen atoms in total. The van der Waals surface area contributed by atoms with E-state index in [1.165, 1.54) is 89.9 Å². The Morgan fingerprint density at radius 3 is 1.16 bits per heavy atom. The highest BCUT2D eigenvalue weighted by atomic mass is 16.4. The third kappa shape index (κ3) is 31.0. The second-order valence-corrected chi connectivity index (χ2v) is 6.39. The molecular formula is C20H39NO4. The number of carbonyl (C=O) groups is 2. The fourth-order valence-corrected chi connectivity index (χ4v) is 2.48. The summed E-state index contributed by atoms with van der Waals surface area (Å²) in [5.41, 5.74) is 5.47. The van der Waals surface area contributed by atoms with Gasteiger partial charge in [0.2, 0.25) is 0 Å². The van der Waals surface area contributed by atoms with Gasteiger partial charge in [-0.1, -0.05) is 90.4 Å². The van der Waals surface area contributed by atoms with Gasteiger partial charge in [0.1, 0.15) is 0 Å². The molecule has 0 amide bonds. The van der Waals surface area contributed by atoms with E-state index in [4.69, 9.17) is 15.9 Å². The zero-order chi connectivity index (χ0) is 19.2.